The van der Waals surface area contributed by atoms with Crippen molar-refractivity contribution in [2.45, 2.75) is 6.54 Å². The normalized spacial score (nSPS) is 9.95. The Morgan fingerprint density at radius 2 is 2.10 bits per heavy atom. The van der Waals surface area contributed by atoms with E-state index in [9.17, 15) is 9.59 Å². The number of primary amides is 1. The van der Waals surface area contributed by atoms with E-state index in [1.54, 1.807) is 24.4 Å². The van der Waals surface area contributed by atoms with E-state index in [-0.39, 0.29) is 11.7 Å². The largest absolute Gasteiger partial charge is 0.410 e. The number of amides is 2. The highest BCUT2D eigenvalue weighted by atomic mass is 79.9. The summed E-state index contributed by atoms with van der Waals surface area (Å²) < 4.78 is 5.59. The lowest BCUT2D eigenvalue weighted by atomic mass is 10.2. The molecule has 0 bridgehead atoms. The standard InChI is InChI=1S/C14H12BrN3O3/c15-10-4-5-11(17-7-10)8-18-13(19)9-2-1-3-12(6-9)21-14(16)20/h1-7H,8H2,(H2,16,20)(H,18,19). The zero-order chi connectivity index (χ0) is 15.2. The predicted molar refractivity (Wildman–Crippen MR) is 79.8 cm³/mol. The van der Waals surface area contributed by atoms with E-state index < -0.39 is 6.09 Å². The average molecular weight is 350 g/mol. The maximum Gasteiger partial charge on any atom is 0.409 e. The molecule has 21 heavy (non-hydrogen) atoms. The molecule has 0 saturated carbocycles. The van der Waals surface area contributed by atoms with Gasteiger partial charge in [0.05, 0.1) is 12.2 Å². The molecule has 0 unspecified atom stereocenters. The molecule has 2 amide bonds. The van der Waals surface area contributed by atoms with Crippen LogP contribution in [-0.4, -0.2) is 17.0 Å². The van der Waals surface area contributed by atoms with E-state index in [2.05, 4.69) is 26.2 Å². The third kappa shape index (κ3) is 4.57. The van der Waals surface area contributed by atoms with Crippen LogP contribution in [0.1, 0.15) is 16.1 Å². The molecule has 6 nitrogen and oxygen atoms in total. The maximum atomic E-state index is 12.0. The van der Waals surface area contributed by atoms with Gasteiger partial charge >= 0.3 is 6.09 Å². The summed E-state index contributed by atoms with van der Waals surface area (Å²) in [6, 6.07) is 9.84. The van der Waals surface area contributed by atoms with E-state index in [1.807, 2.05) is 6.07 Å². The Labute approximate surface area is 129 Å². The fourth-order valence-corrected chi connectivity index (χ4v) is 1.84. The van der Waals surface area contributed by atoms with E-state index in [0.717, 1.165) is 10.2 Å². The van der Waals surface area contributed by atoms with Crippen molar-refractivity contribution in [1.82, 2.24) is 10.3 Å². The average Bonchev–Trinajstić information content (AvgIpc) is 2.46. The second-order valence-corrected chi connectivity index (χ2v) is 5.02. The van der Waals surface area contributed by atoms with Gasteiger partial charge in [0.25, 0.3) is 5.91 Å². The van der Waals surface area contributed by atoms with Gasteiger partial charge in [0.1, 0.15) is 5.75 Å². The number of halogens is 1. The Kier molecular flexibility index (Phi) is 4.89. The van der Waals surface area contributed by atoms with Gasteiger partial charge in [-0.2, -0.15) is 0 Å². The molecule has 3 N–H and O–H groups in total. The number of hydrogen-bond acceptors (Lipinski definition) is 4. The number of ether oxygens (including phenoxy) is 1. The molecule has 0 aliphatic rings. The molecular weight excluding hydrogens is 338 g/mol. The summed E-state index contributed by atoms with van der Waals surface area (Å²) in [5.41, 5.74) is 6.02. The Bertz CT molecular complexity index is 659. The fraction of sp³-hybridized carbons (Fsp3) is 0.0714. The molecule has 0 aliphatic carbocycles. The first-order valence-corrected chi connectivity index (χ1v) is 6.80. The number of aromatic nitrogens is 1. The van der Waals surface area contributed by atoms with Crippen LogP contribution in [-0.2, 0) is 6.54 Å². The molecule has 0 aliphatic heterocycles. The highest BCUT2D eigenvalue weighted by Crippen LogP contribution is 2.13. The first-order valence-electron chi connectivity index (χ1n) is 6.00. The number of carbonyl (C=O) groups excluding carboxylic acids is 2. The maximum absolute atomic E-state index is 12.0. The number of nitrogens with one attached hydrogen (secondary N) is 1. The monoisotopic (exact) mass is 349 g/mol. The number of hydrogen-bond donors (Lipinski definition) is 2. The van der Waals surface area contributed by atoms with Crippen LogP contribution < -0.4 is 15.8 Å². The Morgan fingerprint density at radius 3 is 2.76 bits per heavy atom. The second-order valence-electron chi connectivity index (χ2n) is 4.10. The minimum atomic E-state index is -0.924. The summed E-state index contributed by atoms with van der Waals surface area (Å²) in [5, 5.41) is 2.73. The lowest BCUT2D eigenvalue weighted by Gasteiger charge is -2.06. The zero-order valence-corrected chi connectivity index (χ0v) is 12.5. The third-order valence-corrected chi connectivity index (χ3v) is 3.00. The summed E-state index contributed by atoms with van der Waals surface area (Å²) in [7, 11) is 0. The van der Waals surface area contributed by atoms with E-state index in [1.165, 1.54) is 12.1 Å². The highest BCUT2D eigenvalue weighted by molar-refractivity contribution is 9.10. The van der Waals surface area contributed by atoms with Gasteiger partial charge < -0.3 is 15.8 Å². The van der Waals surface area contributed by atoms with Crippen molar-refractivity contribution < 1.29 is 14.3 Å². The van der Waals surface area contributed by atoms with Crippen LogP contribution in [0.3, 0.4) is 0 Å². The summed E-state index contributed by atoms with van der Waals surface area (Å²) in [5.74, 6) is -0.0773. The molecule has 0 fully saturated rings. The topological polar surface area (TPSA) is 94.3 Å². The highest BCUT2D eigenvalue weighted by Gasteiger charge is 2.08. The van der Waals surface area contributed by atoms with Crippen molar-refractivity contribution in [2.75, 3.05) is 0 Å². The first kappa shape index (κ1) is 15.0. The van der Waals surface area contributed by atoms with Crippen molar-refractivity contribution in [3.8, 4) is 5.75 Å². The molecule has 0 spiro atoms. The SMILES string of the molecule is NC(=O)Oc1cccc(C(=O)NCc2ccc(Br)cn2)c1. The molecule has 108 valence electrons. The second kappa shape index (κ2) is 6.85. The lowest BCUT2D eigenvalue weighted by molar-refractivity contribution is 0.0950. The van der Waals surface area contributed by atoms with Gasteiger partial charge in [-0.1, -0.05) is 6.07 Å². The third-order valence-electron chi connectivity index (χ3n) is 2.53. The van der Waals surface area contributed by atoms with E-state index >= 15 is 0 Å². The minimum Gasteiger partial charge on any atom is -0.410 e. The van der Waals surface area contributed by atoms with Gasteiger partial charge in [-0.25, -0.2) is 4.79 Å². The predicted octanol–water partition coefficient (Wildman–Crippen LogP) is 2.23. The van der Waals surface area contributed by atoms with Gasteiger partial charge in [0.15, 0.2) is 0 Å². The Hall–Kier alpha value is -2.41. The molecular formula is C14H12BrN3O3. The van der Waals surface area contributed by atoms with Crippen molar-refractivity contribution in [3.05, 3.63) is 58.3 Å². The van der Waals surface area contributed by atoms with Crippen LogP contribution in [0.5, 0.6) is 5.75 Å². The van der Waals surface area contributed by atoms with Crippen molar-refractivity contribution >= 4 is 27.9 Å². The van der Waals surface area contributed by atoms with Gasteiger partial charge in [-0.05, 0) is 46.3 Å². The molecule has 1 aromatic heterocycles. The van der Waals surface area contributed by atoms with Crippen LogP contribution in [0.25, 0.3) is 0 Å². The lowest BCUT2D eigenvalue weighted by Crippen LogP contribution is -2.23. The quantitative estimate of drug-likeness (QED) is 0.884. The molecule has 0 radical (unpaired) electrons. The van der Waals surface area contributed by atoms with Crippen LogP contribution in [0.4, 0.5) is 4.79 Å². The van der Waals surface area contributed by atoms with Crippen LogP contribution in [0.2, 0.25) is 0 Å². The molecule has 7 heteroatoms. The van der Waals surface area contributed by atoms with Gasteiger partial charge in [-0.3, -0.25) is 9.78 Å². The summed E-state index contributed by atoms with van der Waals surface area (Å²) in [4.78, 5) is 26.8. The van der Waals surface area contributed by atoms with Crippen LogP contribution in [0.15, 0.2) is 47.1 Å². The van der Waals surface area contributed by atoms with Crippen LogP contribution >= 0.6 is 15.9 Å². The first-order chi connectivity index (χ1) is 10.0. The Morgan fingerprint density at radius 1 is 1.29 bits per heavy atom. The Balaban J connectivity index is 1.99. The minimum absolute atomic E-state index is 0.219. The number of pyridine rings is 1. The smallest absolute Gasteiger partial charge is 0.409 e. The van der Waals surface area contributed by atoms with Gasteiger partial charge in [0.2, 0.25) is 0 Å². The van der Waals surface area contributed by atoms with Gasteiger partial charge in [-0.15, -0.1) is 0 Å². The molecule has 2 rings (SSSR count). The number of nitrogens with zero attached hydrogens (tertiary/aromatic N) is 1. The molecule has 2 aromatic rings. The number of nitrogens with two attached hydrogens (primary N) is 1. The summed E-state index contributed by atoms with van der Waals surface area (Å²) in [6.07, 6.45) is 0.731. The van der Waals surface area contributed by atoms with E-state index in [4.69, 9.17) is 10.5 Å². The summed E-state index contributed by atoms with van der Waals surface area (Å²) in [6.45, 7) is 0.299. The number of benzene rings is 1. The van der Waals surface area contributed by atoms with E-state index in [0.29, 0.717) is 12.1 Å². The van der Waals surface area contributed by atoms with Crippen LogP contribution in [0, 0.1) is 0 Å². The fourth-order valence-electron chi connectivity index (χ4n) is 1.60. The van der Waals surface area contributed by atoms with Crippen molar-refractivity contribution in [1.29, 1.82) is 0 Å². The van der Waals surface area contributed by atoms with Gasteiger partial charge in [0, 0.05) is 16.2 Å². The molecule has 0 saturated heterocycles. The van der Waals surface area contributed by atoms with Crippen molar-refractivity contribution in [2.24, 2.45) is 5.73 Å². The van der Waals surface area contributed by atoms with Crippen molar-refractivity contribution in [3.63, 3.8) is 0 Å². The zero-order valence-electron chi connectivity index (χ0n) is 10.9. The number of carbonyl (C=O) groups is 2. The summed E-state index contributed by atoms with van der Waals surface area (Å²) >= 11 is 3.29. The molecule has 1 aromatic carbocycles. The molecule has 1 heterocycles. The number of rotatable bonds is 4. The molecule has 0 atom stereocenters.